The zero-order valence-electron chi connectivity index (χ0n) is 14.5. The van der Waals surface area contributed by atoms with Crippen molar-refractivity contribution in [3.8, 4) is 11.9 Å². The standard InChI is InChI=1S/C17H21N5O3/c1-18-14-9-11(6-7-19-14)13-5-4-8-22(13)16(23)12-10-15(24-2)21-17(20-12)25-3/h6-7,9-10,13H,4-5,8H2,1-3H3,(H,18,19)/t13-/m0/s1. The Morgan fingerprint density at radius 1 is 1.28 bits per heavy atom. The van der Waals surface area contributed by atoms with Gasteiger partial charge in [-0.2, -0.15) is 9.97 Å². The number of hydrogen-bond donors (Lipinski definition) is 1. The van der Waals surface area contributed by atoms with Gasteiger partial charge in [0.15, 0.2) is 0 Å². The molecule has 0 aliphatic carbocycles. The zero-order valence-corrected chi connectivity index (χ0v) is 14.5. The van der Waals surface area contributed by atoms with E-state index in [1.807, 2.05) is 24.1 Å². The van der Waals surface area contributed by atoms with Crippen LogP contribution in [0.25, 0.3) is 0 Å². The molecule has 0 radical (unpaired) electrons. The molecular weight excluding hydrogens is 322 g/mol. The van der Waals surface area contributed by atoms with Crippen LogP contribution in [-0.2, 0) is 0 Å². The molecule has 1 amide bonds. The van der Waals surface area contributed by atoms with E-state index < -0.39 is 0 Å². The molecule has 8 heteroatoms. The summed E-state index contributed by atoms with van der Waals surface area (Å²) in [5.74, 6) is 0.916. The predicted octanol–water partition coefficient (Wildman–Crippen LogP) is 1.91. The van der Waals surface area contributed by atoms with E-state index in [-0.39, 0.29) is 23.7 Å². The van der Waals surface area contributed by atoms with Crippen LogP contribution in [0.1, 0.15) is 34.9 Å². The van der Waals surface area contributed by atoms with Gasteiger partial charge in [0.25, 0.3) is 5.91 Å². The fourth-order valence-corrected chi connectivity index (χ4v) is 3.00. The quantitative estimate of drug-likeness (QED) is 0.887. The highest BCUT2D eigenvalue weighted by atomic mass is 16.5. The van der Waals surface area contributed by atoms with Crippen LogP contribution in [0.15, 0.2) is 24.4 Å². The molecule has 0 bridgehead atoms. The van der Waals surface area contributed by atoms with E-state index >= 15 is 0 Å². The SMILES string of the molecule is CNc1cc([C@@H]2CCCN2C(=O)c2cc(OC)nc(OC)n2)ccn1. The molecule has 1 atom stereocenters. The minimum atomic E-state index is -0.163. The second kappa shape index (κ2) is 7.33. The maximum Gasteiger partial charge on any atom is 0.320 e. The van der Waals surface area contributed by atoms with Crippen LogP contribution in [-0.4, -0.2) is 53.6 Å². The molecule has 0 saturated carbocycles. The number of amides is 1. The molecule has 0 spiro atoms. The second-order valence-electron chi connectivity index (χ2n) is 5.66. The first-order valence-electron chi connectivity index (χ1n) is 8.08. The highest BCUT2D eigenvalue weighted by Crippen LogP contribution is 2.33. The summed E-state index contributed by atoms with van der Waals surface area (Å²) in [6.07, 6.45) is 3.59. The molecule has 1 aliphatic heterocycles. The fourth-order valence-electron chi connectivity index (χ4n) is 3.00. The van der Waals surface area contributed by atoms with Crippen LogP contribution in [0.4, 0.5) is 5.82 Å². The minimum absolute atomic E-state index is 0.00504. The smallest absolute Gasteiger partial charge is 0.320 e. The summed E-state index contributed by atoms with van der Waals surface area (Å²) in [6, 6.07) is 5.55. The van der Waals surface area contributed by atoms with Gasteiger partial charge in [0.2, 0.25) is 5.88 Å². The first-order valence-corrected chi connectivity index (χ1v) is 8.08. The van der Waals surface area contributed by atoms with Crippen molar-refractivity contribution in [2.24, 2.45) is 0 Å². The van der Waals surface area contributed by atoms with Crippen molar-refractivity contribution in [2.75, 3.05) is 33.1 Å². The lowest BCUT2D eigenvalue weighted by Gasteiger charge is -2.25. The van der Waals surface area contributed by atoms with E-state index in [1.165, 1.54) is 20.3 Å². The Labute approximate surface area is 146 Å². The van der Waals surface area contributed by atoms with E-state index in [4.69, 9.17) is 9.47 Å². The van der Waals surface area contributed by atoms with Gasteiger partial charge in [0.05, 0.1) is 20.3 Å². The van der Waals surface area contributed by atoms with Gasteiger partial charge in [-0.05, 0) is 30.5 Å². The first kappa shape index (κ1) is 16.9. The van der Waals surface area contributed by atoms with Crippen molar-refractivity contribution in [3.05, 3.63) is 35.7 Å². The summed E-state index contributed by atoms with van der Waals surface area (Å²) in [5, 5.41) is 3.03. The molecular formula is C17H21N5O3. The number of carbonyl (C=O) groups excluding carboxylic acids is 1. The Morgan fingerprint density at radius 2 is 2.12 bits per heavy atom. The molecule has 1 N–H and O–H groups in total. The normalized spacial score (nSPS) is 16.6. The molecule has 1 saturated heterocycles. The summed E-state index contributed by atoms with van der Waals surface area (Å²) >= 11 is 0. The van der Waals surface area contributed by atoms with E-state index in [1.54, 1.807) is 6.20 Å². The van der Waals surface area contributed by atoms with Gasteiger partial charge in [-0.1, -0.05) is 0 Å². The van der Waals surface area contributed by atoms with Crippen molar-refractivity contribution >= 4 is 11.7 Å². The molecule has 0 unspecified atom stereocenters. The van der Waals surface area contributed by atoms with Gasteiger partial charge >= 0.3 is 6.01 Å². The number of carbonyl (C=O) groups is 1. The van der Waals surface area contributed by atoms with Crippen molar-refractivity contribution in [3.63, 3.8) is 0 Å². The first-order chi connectivity index (χ1) is 12.2. The molecule has 0 aromatic carbocycles. The highest BCUT2D eigenvalue weighted by molar-refractivity contribution is 5.93. The third-order valence-corrected chi connectivity index (χ3v) is 4.23. The number of nitrogens with zero attached hydrogens (tertiary/aromatic N) is 4. The number of methoxy groups -OCH3 is 2. The average molecular weight is 343 g/mol. The number of hydrogen-bond acceptors (Lipinski definition) is 7. The Bertz CT molecular complexity index is 745. The van der Waals surface area contributed by atoms with Gasteiger partial charge in [-0.3, -0.25) is 4.79 Å². The predicted molar refractivity (Wildman–Crippen MR) is 91.9 cm³/mol. The summed E-state index contributed by atoms with van der Waals surface area (Å²) in [6.45, 7) is 0.676. The number of nitrogens with one attached hydrogen (secondary N) is 1. The molecule has 1 fully saturated rings. The topological polar surface area (TPSA) is 89.5 Å². The molecule has 8 nitrogen and oxygen atoms in total. The van der Waals surface area contributed by atoms with Gasteiger partial charge in [-0.25, -0.2) is 4.98 Å². The van der Waals surface area contributed by atoms with E-state index in [0.717, 1.165) is 24.2 Å². The van der Waals surface area contributed by atoms with Crippen molar-refractivity contribution in [2.45, 2.75) is 18.9 Å². The lowest BCUT2D eigenvalue weighted by Crippen LogP contribution is -2.31. The monoisotopic (exact) mass is 343 g/mol. The molecule has 3 rings (SSSR count). The lowest BCUT2D eigenvalue weighted by atomic mass is 10.1. The number of anilines is 1. The maximum absolute atomic E-state index is 13.0. The van der Waals surface area contributed by atoms with Crippen LogP contribution in [0.3, 0.4) is 0 Å². The molecule has 2 aromatic rings. The van der Waals surface area contributed by atoms with Crippen LogP contribution in [0.2, 0.25) is 0 Å². The molecule has 25 heavy (non-hydrogen) atoms. The van der Waals surface area contributed by atoms with Gasteiger partial charge in [0, 0.05) is 25.9 Å². The number of likely N-dealkylation sites (tertiary alicyclic amines) is 1. The Hall–Kier alpha value is -2.90. The maximum atomic E-state index is 13.0. The Morgan fingerprint density at radius 3 is 2.84 bits per heavy atom. The Balaban J connectivity index is 1.90. The molecule has 1 aliphatic rings. The summed E-state index contributed by atoms with van der Waals surface area (Å²) in [7, 11) is 4.77. The van der Waals surface area contributed by atoms with E-state index in [0.29, 0.717) is 12.4 Å². The molecule has 132 valence electrons. The summed E-state index contributed by atoms with van der Waals surface area (Å²) < 4.78 is 10.2. The average Bonchev–Trinajstić information content (AvgIpc) is 3.16. The highest BCUT2D eigenvalue weighted by Gasteiger charge is 2.32. The molecule has 2 aromatic heterocycles. The fraction of sp³-hybridized carbons (Fsp3) is 0.412. The minimum Gasteiger partial charge on any atom is -0.481 e. The lowest BCUT2D eigenvalue weighted by molar-refractivity contribution is 0.0727. The molecule has 3 heterocycles. The number of aromatic nitrogens is 3. The number of rotatable bonds is 5. The van der Waals surface area contributed by atoms with Crippen molar-refractivity contribution in [1.29, 1.82) is 0 Å². The van der Waals surface area contributed by atoms with Gasteiger partial charge in [0.1, 0.15) is 11.5 Å². The summed E-state index contributed by atoms with van der Waals surface area (Å²) in [4.78, 5) is 27.3. The second-order valence-corrected chi connectivity index (χ2v) is 5.66. The Kier molecular flexibility index (Phi) is 4.97. The van der Waals surface area contributed by atoms with E-state index in [9.17, 15) is 4.79 Å². The zero-order chi connectivity index (χ0) is 17.8. The van der Waals surface area contributed by atoms with Crippen LogP contribution in [0.5, 0.6) is 11.9 Å². The third-order valence-electron chi connectivity index (χ3n) is 4.23. The third kappa shape index (κ3) is 3.47. The number of ether oxygens (including phenoxy) is 2. The van der Waals surface area contributed by atoms with Crippen molar-refractivity contribution < 1.29 is 14.3 Å². The van der Waals surface area contributed by atoms with Crippen molar-refractivity contribution in [1.82, 2.24) is 19.9 Å². The number of pyridine rings is 1. The van der Waals surface area contributed by atoms with Gasteiger partial charge < -0.3 is 19.7 Å². The largest absolute Gasteiger partial charge is 0.481 e. The van der Waals surface area contributed by atoms with Crippen LogP contribution < -0.4 is 14.8 Å². The van der Waals surface area contributed by atoms with Crippen LogP contribution >= 0.6 is 0 Å². The van der Waals surface area contributed by atoms with Gasteiger partial charge in [-0.15, -0.1) is 0 Å². The summed E-state index contributed by atoms with van der Waals surface area (Å²) in [5.41, 5.74) is 1.32. The van der Waals surface area contributed by atoms with E-state index in [2.05, 4.69) is 20.3 Å². The van der Waals surface area contributed by atoms with Crippen LogP contribution in [0, 0.1) is 0 Å².